The Kier molecular flexibility index (Phi) is 1.40. The predicted molar refractivity (Wildman–Crippen MR) is 32.0 cm³/mol. The summed E-state index contributed by atoms with van der Waals surface area (Å²) in [5.41, 5.74) is 0. The summed E-state index contributed by atoms with van der Waals surface area (Å²) in [5.74, 6) is 0.472. The second-order valence-electron chi connectivity index (χ2n) is 2.60. The van der Waals surface area contributed by atoms with E-state index in [1.54, 1.807) is 0 Å². The zero-order valence-electron chi connectivity index (χ0n) is 5.33. The quantitative estimate of drug-likeness (QED) is 0.483. The van der Waals surface area contributed by atoms with Crippen molar-refractivity contribution in [3.05, 3.63) is 0 Å². The summed E-state index contributed by atoms with van der Waals surface area (Å²) in [7, 11) is 0. The van der Waals surface area contributed by atoms with Crippen LogP contribution in [0.2, 0.25) is 0 Å². The van der Waals surface area contributed by atoms with E-state index in [9.17, 15) is 0 Å². The van der Waals surface area contributed by atoms with Gasteiger partial charge in [0.05, 0.1) is 24.0 Å². The van der Waals surface area contributed by atoms with Gasteiger partial charge in [0.2, 0.25) is 0 Å². The maximum Gasteiger partial charge on any atom is 0.0672 e. The molecule has 9 heavy (non-hydrogen) atoms. The van der Waals surface area contributed by atoms with Crippen molar-refractivity contribution in [2.75, 3.05) is 0 Å². The van der Waals surface area contributed by atoms with Crippen molar-refractivity contribution in [3.63, 3.8) is 0 Å². The highest BCUT2D eigenvalue weighted by Gasteiger charge is 2.37. The molecule has 0 aromatic rings. The van der Waals surface area contributed by atoms with Crippen LogP contribution < -0.4 is 0 Å². The second-order valence-corrected chi connectivity index (χ2v) is 2.60. The zero-order valence-corrected chi connectivity index (χ0v) is 5.33. The summed E-state index contributed by atoms with van der Waals surface area (Å²) in [6.07, 6.45) is 0.911. The summed E-state index contributed by atoms with van der Waals surface area (Å²) in [5, 5.41) is 16.9. The first-order valence-electron chi connectivity index (χ1n) is 3.09. The standard InChI is InChI=1S/C7H8N2/c1-5-2-6(3-8)7(5)4-9/h5-7H,2H2,1H3. The van der Waals surface area contributed by atoms with E-state index in [4.69, 9.17) is 10.5 Å². The number of nitrogens with zero attached hydrogens (tertiary/aromatic N) is 2. The Labute approximate surface area is 54.7 Å². The number of nitriles is 2. The molecule has 0 aromatic carbocycles. The SMILES string of the molecule is CC1CC(C#N)C1C#N. The Morgan fingerprint density at radius 3 is 2.22 bits per heavy atom. The largest absolute Gasteiger partial charge is 0.198 e. The molecule has 3 atom stereocenters. The van der Waals surface area contributed by atoms with Gasteiger partial charge in [-0.25, -0.2) is 0 Å². The average molecular weight is 120 g/mol. The zero-order chi connectivity index (χ0) is 6.85. The molecule has 3 unspecified atom stereocenters. The van der Waals surface area contributed by atoms with E-state index >= 15 is 0 Å². The number of hydrogen-bond acceptors (Lipinski definition) is 2. The first-order chi connectivity index (χ1) is 4.29. The Bertz CT molecular complexity index is 184. The molecule has 0 saturated heterocycles. The van der Waals surface area contributed by atoms with Gasteiger partial charge in [0.25, 0.3) is 0 Å². The fourth-order valence-electron chi connectivity index (χ4n) is 1.24. The average Bonchev–Trinajstić information content (AvgIpc) is 1.83. The molecule has 1 aliphatic carbocycles. The minimum absolute atomic E-state index is 0.00926. The van der Waals surface area contributed by atoms with Crippen molar-refractivity contribution >= 4 is 0 Å². The first kappa shape index (κ1) is 6.11. The van der Waals surface area contributed by atoms with Crippen molar-refractivity contribution in [2.24, 2.45) is 17.8 Å². The molecule has 1 aliphatic rings. The molecule has 1 saturated carbocycles. The van der Waals surface area contributed by atoms with Crippen LogP contribution in [0.4, 0.5) is 0 Å². The highest BCUT2D eigenvalue weighted by atomic mass is 14.4. The lowest BCUT2D eigenvalue weighted by Crippen LogP contribution is -2.32. The van der Waals surface area contributed by atoms with E-state index in [1.165, 1.54) is 0 Å². The lowest BCUT2D eigenvalue weighted by atomic mass is 9.67. The predicted octanol–water partition coefficient (Wildman–Crippen LogP) is 1.31. The fraction of sp³-hybridized carbons (Fsp3) is 0.714. The first-order valence-corrected chi connectivity index (χ1v) is 3.09. The number of rotatable bonds is 0. The van der Waals surface area contributed by atoms with Gasteiger partial charge in [0.1, 0.15) is 0 Å². The summed E-state index contributed by atoms with van der Waals surface area (Å²) < 4.78 is 0. The monoisotopic (exact) mass is 120 g/mol. The molecule has 0 N–H and O–H groups in total. The van der Waals surface area contributed by atoms with Gasteiger partial charge in [0.15, 0.2) is 0 Å². The lowest BCUT2D eigenvalue weighted by molar-refractivity contribution is 0.188. The van der Waals surface area contributed by atoms with Gasteiger partial charge < -0.3 is 0 Å². The normalized spacial score (nSPS) is 40.1. The minimum atomic E-state index is 0.00926. The third-order valence-corrected chi connectivity index (χ3v) is 1.99. The Hall–Kier alpha value is -1.02. The van der Waals surface area contributed by atoms with E-state index in [0.717, 1.165) is 6.42 Å². The molecule has 2 heteroatoms. The third kappa shape index (κ3) is 0.771. The summed E-state index contributed by atoms with van der Waals surface area (Å²) >= 11 is 0. The Morgan fingerprint density at radius 2 is 2.00 bits per heavy atom. The summed E-state index contributed by atoms with van der Waals surface area (Å²) in [4.78, 5) is 0. The van der Waals surface area contributed by atoms with E-state index < -0.39 is 0 Å². The smallest absolute Gasteiger partial charge is 0.0672 e. The van der Waals surface area contributed by atoms with Crippen LogP contribution in [0.3, 0.4) is 0 Å². The molecule has 0 radical (unpaired) electrons. The molecule has 0 spiro atoms. The third-order valence-electron chi connectivity index (χ3n) is 1.99. The molecule has 1 fully saturated rings. The summed E-state index contributed by atoms with van der Waals surface area (Å²) in [6, 6.07) is 4.24. The molecule has 0 aliphatic heterocycles. The Morgan fingerprint density at radius 1 is 1.33 bits per heavy atom. The van der Waals surface area contributed by atoms with E-state index in [-0.39, 0.29) is 11.8 Å². The molecule has 0 bridgehead atoms. The molecular formula is C7H8N2. The molecule has 0 aromatic heterocycles. The van der Waals surface area contributed by atoms with Gasteiger partial charge in [-0.15, -0.1) is 0 Å². The van der Waals surface area contributed by atoms with Crippen LogP contribution in [0.1, 0.15) is 13.3 Å². The van der Waals surface area contributed by atoms with Gasteiger partial charge in [-0.2, -0.15) is 10.5 Å². The van der Waals surface area contributed by atoms with Crippen molar-refractivity contribution in [3.8, 4) is 12.1 Å². The molecule has 1 rings (SSSR count). The highest BCUT2D eigenvalue weighted by Crippen LogP contribution is 2.38. The van der Waals surface area contributed by atoms with Crippen molar-refractivity contribution in [1.82, 2.24) is 0 Å². The lowest BCUT2D eigenvalue weighted by Gasteiger charge is -2.33. The minimum Gasteiger partial charge on any atom is -0.198 e. The van der Waals surface area contributed by atoms with Crippen LogP contribution in [-0.4, -0.2) is 0 Å². The molecule has 2 nitrogen and oxygen atoms in total. The van der Waals surface area contributed by atoms with Crippen molar-refractivity contribution in [1.29, 1.82) is 10.5 Å². The van der Waals surface area contributed by atoms with Crippen LogP contribution >= 0.6 is 0 Å². The van der Waals surface area contributed by atoms with E-state index in [2.05, 4.69) is 12.1 Å². The van der Waals surface area contributed by atoms with E-state index in [1.807, 2.05) is 6.92 Å². The van der Waals surface area contributed by atoms with Crippen LogP contribution in [0.5, 0.6) is 0 Å². The van der Waals surface area contributed by atoms with Crippen LogP contribution in [0, 0.1) is 40.4 Å². The topological polar surface area (TPSA) is 47.6 Å². The van der Waals surface area contributed by atoms with Gasteiger partial charge in [-0.05, 0) is 12.3 Å². The number of hydrogen-bond donors (Lipinski definition) is 0. The Balaban J connectivity index is 2.53. The molecule has 0 heterocycles. The van der Waals surface area contributed by atoms with Gasteiger partial charge in [0, 0.05) is 0 Å². The molecule has 46 valence electrons. The van der Waals surface area contributed by atoms with Crippen LogP contribution in [0.15, 0.2) is 0 Å². The highest BCUT2D eigenvalue weighted by molar-refractivity contribution is 5.07. The summed E-state index contributed by atoms with van der Waals surface area (Å²) in [6.45, 7) is 2.02. The van der Waals surface area contributed by atoms with Crippen molar-refractivity contribution < 1.29 is 0 Å². The van der Waals surface area contributed by atoms with Gasteiger partial charge in [-0.3, -0.25) is 0 Å². The van der Waals surface area contributed by atoms with Crippen LogP contribution in [-0.2, 0) is 0 Å². The maximum atomic E-state index is 8.46. The molecule has 0 amide bonds. The van der Waals surface area contributed by atoms with Gasteiger partial charge in [-0.1, -0.05) is 6.92 Å². The fourth-order valence-corrected chi connectivity index (χ4v) is 1.24. The van der Waals surface area contributed by atoms with Crippen molar-refractivity contribution in [2.45, 2.75) is 13.3 Å². The van der Waals surface area contributed by atoms with Crippen LogP contribution in [0.25, 0.3) is 0 Å². The second kappa shape index (κ2) is 2.07. The van der Waals surface area contributed by atoms with Gasteiger partial charge >= 0.3 is 0 Å². The maximum absolute atomic E-state index is 8.46. The molecular weight excluding hydrogens is 112 g/mol. The van der Waals surface area contributed by atoms with E-state index in [0.29, 0.717) is 5.92 Å².